The molecule has 1 saturated heterocycles. The molecule has 0 spiro atoms. The molecule has 0 saturated carbocycles. The number of benzene rings is 3. The van der Waals surface area contributed by atoms with Crippen LogP contribution in [0.2, 0.25) is 0 Å². The SMILES string of the molecule is CCOc1ccc(N2C(=O)c3ccccc3C2Nc2cccc(C(=O)N3CCCC3)c2)cc1. The molecule has 1 fully saturated rings. The Kier molecular flexibility index (Phi) is 5.73. The minimum atomic E-state index is -0.385. The summed E-state index contributed by atoms with van der Waals surface area (Å²) in [6.07, 6.45) is 1.73. The number of nitrogens with zero attached hydrogens (tertiary/aromatic N) is 2. The van der Waals surface area contributed by atoms with Gasteiger partial charge in [0.25, 0.3) is 11.8 Å². The fraction of sp³-hybridized carbons (Fsp3) is 0.259. The summed E-state index contributed by atoms with van der Waals surface area (Å²) in [5.74, 6) is 0.766. The molecule has 0 bridgehead atoms. The molecule has 1 atom stereocenters. The van der Waals surface area contributed by atoms with E-state index in [0.29, 0.717) is 17.7 Å². The summed E-state index contributed by atoms with van der Waals surface area (Å²) in [7, 11) is 0. The Balaban J connectivity index is 1.46. The second-order valence-corrected chi connectivity index (χ2v) is 8.32. The first-order valence-electron chi connectivity index (χ1n) is 11.5. The van der Waals surface area contributed by atoms with E-state index in [0.717, 1.165) is 48.6 Å². The highest BCUT2D eigenvalue weighted by molar-refractivity contribution is 6.11. The lowest BCUT2D eigenvalue weighted by atomic mass is 10.1. The largest absolute Gasteiger partial charge is 0.494 e. The summed E-state index contributed by atoms with van der Waals surface area (Å²) in [5, 5.41) is 3.50. The Morgan fingerprint density at radius 1 is 1.00 bits per heavy atom. The predicted molar refractivity (Wildman–Crippen MR) is 129 cm³/mol. The number of carbonyl (C=O) groups is 2. The predicted octanol–water partition coefficient (Wildman–Crippen LogP) is 5.09. The fourth-order valence-corrected chi connectivity index (χ4v) is 4.60. The van der Waals surface area contributed by atoms with Crippen LogP contribution in [-0.2, 0) is 0 Å². The number of likely N-dealkylation sites (tertiary alicyclic amines) is 1. The van der Waals surface area contributed by atoms with Gasteiger partial charge in [-0.25, -0.2) is 0 Å². The Hall–Kier alpha value is -3.80. The second-order valence-electron chi connectivity index (χ2n) is 8.32. The van der Waals surface area contributed by atoms with E-state index in [1.165, 1.54) is 0 Å². The number of ether oxygens (including phenoxy) is 1. The average molecular weight is 442 g/mol. The van der Waals surface area contributed by atoms with E-state index in [4.69, 9.17) is 4.74 Å². The van der Waals surface area contributed by atoms with Crippen LogP contribution in [0.15, 0.2) is 72.8 Å². The van der Waals surface area contributed by atoms with Gasteiger partial charge in [-0.15, -0.1) is 0 Å². The van der Waals surface area contributed by atoms with E-state index in [2.05, 4.69) is 5.32 Å². The van der Waals surface area contributed by atoms with E-state index in [-0.39, 0.29) is 18.0 Å². The van der Waals surface area contributed by atoms with Crippen LogP contribution < -0.4 is 15.0 Å². The van der Waals surface area contributed by atoms with E-state index >= 15 is 0 Å². The van der Waals surface area contributed by atoms with E-state index in [1.54, 1.807) is 4.90 Å². The zero-order valence-electron chi connectivity index (χ0n) is 18.7. The van der Waals surface area contributed by atoms with Gasteiger partial charge in [0.2, 0.25) is 0 Å². The zero-order chi connectivity index (χ0) is 22.8. The van der Waals surface area contributed by atoms with E-state index < -0.39 is 0 Å². The number of anilines is 2. The topological polar surface area (TPSA) is 61.9 Å². The number of carbonyl (C=O) groups excluding carboxylic acids is 2. The van der Waals surface area contributed by atoms with Crippen LogP contribution in [0.1, 0.15) is 52.2 Å². The van der Waals surface area contributed by atoms with Crippen molar-refractivity contribution in [2.24, 2.45) is 0 Å². The molecule has 0 aromatic heterocycles. The van der Waals surface area contributed by atoms with Crippen molar-refractivity contribution in [1.82, 2.24) is 4.90 Å². The normalized spacial score (nSPS) is 17.2. The molecule has 33 heavy (non-hydrogen) atoms. The van der Waals surface area contributed by atoms with Crippen LogP contribution >= 0.6 is 0 Å². The van der Waals surface area contributed by atoms with Crippen LogP contribution in [0.3, 0.4) is 0 Å². The smallest absolute Gasteiger partial charge is 0.260 e. The van der Waals surface area contributed by atoms with Crippen LogP contribution in [0, 0.1) is 0 Å². The molecule has 6 heteroatoms. The molecule has 1 N–H and O–H groups in total. The van der Waals surface area contributed by atoms with Crippen LogP contribution in [0.25, 0.3) is 0 Å². The molecular formula is C27H27N3O3. The lowest BCUT2D eigenvalue weighted by Gasteiger charge is -2.27. The molecule has 5 rings (SSSR count). The third kappa shape index (κ3) is 4.04. The molecular weight excluding hydrogens is 414 g/mol. The summed E-state index contributed by atoms with van der Waals surface area (Å²) in [4.78, 5) is 29.9. The van der Waals surface area contributed by atoms with Gasteiger partial charge >= 0.3 is 0 Å². The number of hydrogen-bond donors (Lipinski definition) is 1. The molecule has 3 aromatic rings. The van der Waals surface area contributed by atoms with Crippen molar-refractivity contribution in [3.63, 3.8) is 0 Å². The highest BCUT2D eigenvalue weighted by atomic mass is 16.5. The lowest BCUT2D eigenvalue weighted by molar-refractivity contribution is 0.0792. The molecule has 3 aromatic carbocycles. The first-order chi connectivity index (χ1) is 16.2. The monoisotopic (exact) mass is 441 g/mol. The van der Waals surface area contributed by atoms with Crippen molar-refractivity contribution >= 4 is 23.2 Å². The Labute approximate surface area is 193 Å². The molecule has 168 valence electrons. The quantitative estimate of drug-likeness (QED) is 0.579. The van der Waals surface area contributed by atoms with Crippen molar-refractivity contribution in [3.8, 4) is 5.75 Å². The van der Waals surface area contributed by atoms with Gasteiger partial charge in [0, 0.05) is 41.2 Å². The van der Waals surface area contributed by atoms with Crippen molar-refractivity contribution in [2.45, 2.75) is 25.9 Å². The fourth-order valence-electron chi connectivity index (χ4n) is 4.60. The molecule has 2 aliphatic heterocycles. The number of amides is 2. The Morgan fingerprint density at radius 3 is 2.52 bits per heavy atom. The molecule has 2 heterocycles. The minimum absolute atomic E-state index is 0.0578. The number of rotatable bonds is 6. The maximum Gasteiger partial charge on any atom is 0.260 e. The second kappa shape index (κ2) is 8.98. The minimum Gasteiger partial charge on any atom is -0.494 e. The van der Waals surface area contributed by atoms with Crippen LogP contribution in [0.4, 0.5) is 11.4 Å². The highest BCUT2D eigenvalue weighted by Gasteiger charge is 2.37. The molecule has 0 radical (unpaired) electrons. The third-order valence-corrected chi connectivity index (χ3v) is 6.19. The van der Waals surface area contributed by atoms with Gasteiger partial charge in [0.05, 0.1) is 6.61 Å². The molecule has 2 amide bonds. The van der Waals surface area contributed by atoms with Gasteiger partial charge in [-0.3, -0.25) is 14.5 Å². The summed E-state index contributed by atoms with van der Waals surface area (Å²) in [6, 6.07) is 22.7. The summed E-state index contributed by atoms with van der Waals surface area (Å²) >= 11 is 0. The van der Waals surface area contributed by atoms with Crippen molar-refractivity contribution < 1.29 is 14.3 Å². The summed E-state index contributed by atoms with van der Waals surface area (Å²) in [5.41, 5.74) is 3.82. The van der Waals surface area contributed by atoms with E-state index in [1.807, 2.05) is 84.6 Å². The van der Waals surface area contributed by atoms with Gasteiger partial charge in [0.15, 0.2) is 0 Å². The van der Waals surface area contributed by atoms with Gasteiger partial charge < -0.3 is 15.0 Å². The number of hydrogen-bond acceptors (Lipinski definition) is 4. The molecule has 0 aliphatic carbocycles. The maximum absolute atomic E-state index is 13.4. The summed E-state index contributed by atoms with van der Waals surface area (Å²) in [6.45, 7) is 4.15. The van der Waals surface area contributed by atoms with Crippen LogP contribution in [-0.4, -0.2) is 36.4 Å². The van der Waals surface area contributed by atoms with Gasteiger partial charge in [-0.05, 0) is 68.3 Å². The van der Waals surface area contributed by atoms with Crippen molar-refractivity contribution in [3.05, 3.63) is 89.5 Å². The molecule has 2 aliphatic rings. The standard InChI is InChI=1S/C27H27N3O3/c1-2-33-22-14-12-21(13-15-22)30-25(23-10-3-4-11-24(23)27(30)32)28-20-9-7-8-19(18-20)26(31)29-16-5-6-17-29/h3-4,7-15,18,25,28H,2,5-6,16-17H2,1H3. The van der Waals surface area contributed by atoms with Gasteiger partial charge in [-0.1, -0.05) is 24.3 Å². The lowest BCUT2D eigenvalue weighted by Crippen LogP contribution is -2.32. The van der Waals surface area contributed by atoms with E-state index in [9.17, 15) is 9.59 Å². The third-order valence-electron chi connectivity index (χ3n) is 6.19. The average Bonchev–Trinajstić information content (AvgIpc) is 3.48. The van der Waals surface area contributed by atoms with Crippen LogP contribution in [0.5, 0.6) is 5.75 Å². The number of nitrogens with one attached hydrogen (secondary N) is 1. The van der Waals surface area contributed by atoms with Gasteiger partial charge in [0.1, 0.15) is 11.9 Å². The van der Waals surface area contributed by atoms with Gasteiger partial charge in [-0.2, -0.15) is 0 Å². The Morgan fingerprint density at radius 2 is 1.76 bits per heavy atom. The molecule has 1 unspecified atom stereocenters. The van der Waals surface area contributed by atoms with Crippen molar-refractivity contribution in [1.29, 1.82) is 0 Å². The van der Waals surface area contributed by atoms with Crippen molar-refractivity contribution in [2.75, 3.05) is 29.9 Å². The zero-order valence-corrected chi connectivity index (χ0v) is 18.7. The molecule has 6 nitrogen and oxygen atoms in total. The maximum atomic E-state index is 13.4. The Bertz CT molecular complexity index is 1170. The first-order valence-corrected chi connectivity index (χ1v) is 11.5. The highest BCUT2D eigenvalue weighted by Crippen LogP contribution is 2.38. The number of fused-ring (bicyclic) bond motifs is 1. The summed E-state index contributed by atoms with van der Waals surface area (Å²) < 4.78 is 5.56. The first kappa shape index (κ1) is 21.1.